The predicted molar refractivity (Wildman–Crippen MR) is 76.6 cm³/mol. The van der Waals surface area contributed by atoms with Crippen LogP contribution in [0.4, 0.5) is 0 Å². The standard InChI is InChI=1S/C13H19N3O2.ClH/c1-9-3-5-16(11(6-9)8-14)13(18)10-2-4-15-12(17)7-10;/h2,4,7,9,11H,3,5-6,8,14H2,1H3,(H,15,17);1H. The van der Waals surface area contributed by atoms with E-state index in [0.717, 1.165) is 12.8 Å². The van der Waals surface area contributed by atoms with Crippen molar-refractivity contribution in [3.8, 4) is 0 Å². The molecule has 1 aliphatic rings. The Hall–Kier alpha value is -1.33. The molecule has 1 aromatic rings. The van der Waals surface area contributed by atoms with Gasteiger partial charge in [0.25, 0.3) is 5.91 Å². The van der Waals surface area contributed by atoms with Gasteiger partial charge in [0.2, 0.25) is 5.56 Å². The van der Waals surface area contributed by atoms with Gasteiger partial charge in [0.15, 0.2) is 0 Å². The first-order chi connectivity index (χ1) is 8.61. The quantitative estimate of drug-likeness (QED) is 0.851. The van der Waals surface area contributed by atoms with Gasteiger partial charge in [-0.1, -0.05) is 6.92 Å². The number of aromatic amines is 1. The number of amides is 1. The molecule has 0 radical (unpaired) electrons. The molecule has 0 saturated carbocycles. The van der Waals surface area contributed by atoms with E-state index in [-0.39, 0.29) is 29.9 Å². The normalized spacial score (nSPS) is 22.7. The van der Waals surface area contributed by atoms with Crippen molar-refractivity contribution in [1.82, 2.24) is 9.88 Å². The van der Waals surface area contributed by atoms with E-state index in [1.807, 2.05) is 0 Å². The number of likely N-dealkylation sites (tertiary alicyclic amines) is 1. The number of nitrogens with two attached hydrogens (primary N) is 1. The molecule has 2 heterocycles. The molecule has 0 aromatic carbocycles. The second kappa shape index (κ2) is 6.73. The van der Waals surface area contributed by atoms with Crippen molar-refractivity contribution in [2.45, 2.75) is 25.8 Å². The lowest BCUT2D eigenvalue weighted by Gasteiger charge is -2.38. The lowest BCUT2D eigenvalue weighted by atomic mass is 9.92. The highest BCUT2D eigenvalue weighted by molar-refractivity contribution is 5.94. The van der Waals surface area contributed by atoms with E-state index in [1.165, 1.54) is 12.3 Å². The summed E-state index contributed by atoms with van der Waals surface area (Å²) in [7, 11) is 0. The Balaban J connectivity index is 0.00000180. The van der Waals surface area contributed by atoms with E-state index in [0.29, 0.717) is 24.6 Å². The molecule has 0 spiro atoms. The summed E-state index contributed by atoms with van der Waals surface area (Å²) >= 11 is 0. The van der Waals surface area contributed by atoms with Crippen LogP contribution in [0.25, 0.3) is 0 Å². The number of pyridine rings is 1. The number of H-pyrrole nitrogens is 1. The van der Waals surface area contributed by atoms with Gasteiger partial charge in [-0.3, -0.25) is 9.59 Å². The molecular formula is C13H20ClN3O2. The molecule has 1 saturated heterocycles. The molecule has 19 heavy (non-hydrogen) atoms. The summed E-state index contributed by atoms with van der Waals surface area (Å²) in [5, 5.41) is 0. The fraction of sp³-hybridized carbons (Fsp3) is 0.538. The van der Waals surface area contributed by atoms with Crippen LogP contribution in [-0.2, 0) is 0 Å². The second-order valence-electron chi connectivity index (χ2n) is 4.96. The maximum Gasteiger partial charge on any atom is 0.254 e. The molecule has 1 fully saturated rings. The number of nitrogens with zero attached hydrogens (tertiary/aromatic N) is 1. The molecule has 0 aliphatic carbocycles. The molecule has 3 N–H and O–H groups in total. The first-order valence-electron chi connectivity index (χ1n) is 6.31. The summed E-state index contributed by atoms with van der Waals surface area (Å²) in [6.07, 6.45) is 3.43. The van der Waals surface area contributed by atoms with Gasteiger partial charge in [-0.15, -0.1) is 12.4 Å². The van der Waals surface area contributed by atoms with Crippen LogP contribution in [0.3, 0.4) is 0 Å². The Kier molecular flexibility index (Phi) is 5.57. The van der Waals surface area contributed by atoms with E-state index in [9.17, 15) is 9.59 Å². The van der Waals surface area contributed by atoms with Crippen molar-refractivity contribution in [2.24, 2.45) is 11.7 Å². The third kappa shape index (κ3) is 3.58. The van der Waals surface area contributed by atoms with Gasteiger partial charge in [0, 0.05) is 37.0 Å². The molecule has 5 nitrogen and oxygen atoms in total. The van der Waals surface area contributed by atoms with Crippen molar-refractivity contribution in [3.63, 3.8) is 0 Å². The van der Waals surface area contributed by atoms with Crippen LogP contribution in [0.5, 0.6) is 0 Å². The first-order valence-corrected chi connectivity index (χ1v) is 6.31. The molecule has 1 aromatic heterocycles. The predicted octanol–water partition coefficient (Wildman–Crippen LogP) is 0.996. The van der Waals surface area contributed by atoms with Crippen molar-refractivity contribution in [2.75, 3.05) is 13.1 Å². The van der Waals surface area contributed by atoms with Gasteiger partial charge in [0.1, 0.15) is 0 Å². The van der Waals surface area contributed by atoms with Crippen molar-refractivity contribution in [3.05, 3.63) is 34.2 Å². The van der Waals surface area contributed by atoms with Gasteiger partial charge >= 0.3 is 0 Å². The van der Waals surface area contributed by atoms with Gasteiger partial charge in [-0.25, -0.2) is 0 Å². The topological polar surface area (TPSA) is 79.2 Å². The van der Waals surface area contributed by atoms with Crippen LogP contribution in [0, 0.1) is 5.92 Å². The van der Waals surface area contributed by atoms with Gasteiger partial charge < -0.3 is 15.6 Å². The highest BCUT2D eigenvalue weighted by Crippen LogP contribution is 2.23. The number of carbonyl (C=O) groups is 1. The smallest absolute Gasteiger partial charge is 0.254 e. The second-order valence-corrected chi connectivity index (χ2v) is 4.96. The van der Waals surface area contributed by atoms with Crippen LogP contribution < -0.4 is 11.3 Å². The zero-order valence-electron chi connectivity index (χ0n) is 11.0. The number of halogens is 1. The summed E-state index contributed by atoms with van der Waals surface area (Å²) in [6.45, 7) is 3.37. The highest BCUT2D eigenvalue weighted by Gasteiger charge is 2.29. The maximum absolute atomic E-state index is 12.3. The fourth-order valence-electron chi connectivity index (χ4n) is 2.49. The number of hydrogen-bond donors (Lipinski definition) is 2. The Bertz CT molecular complexity index is 489. The molecular weight excluding hydrogens is 266 g/mol. The minimum Gasteiger partial charge on any atom is -0.334 e. The van der Waals surface area contributed by atoms with Gasteiger partial charge in [-0.2, -0.15) is 0 Å². The maximum atomic E-state index is 12.3. The molecule has 1 amide bonds. The van der Waals surface area contributed by atoms with E-state index in [1.54, 1.807) is 11.0 Å². The Morgan fingerprint density at radius 2 is 2.32 bits per heavy atom. The SMILES string of the molecule is CC1CCN(C(=O)c2cc[nH]c(=O)c2)C(CN)C1.Cl. The van der Waals surface area contributed by atoms with E-state index < -0.39 is 0 Å². The molecule has 106 valence electrons. The number of piperidine rings is 1. The summed E-state index contributed by atoms with van der Waals surface area (Å²) < 4.78 is 0. The summed E-state index contributed by atoms with van der Waals surface area (Å²) in [6, 6.07) is 3.06. The number of aromatic nitrogens is 1. The molecule has 0 bridgehead atoms. The minimum atomic E-state index is -0.254. The zero-order valence-corrected chi connectivity index (χ0v) is 11.8. The number of rotatable bonds is 2. The monoisotopic (exact) mass is 285 g/mol. The van der Waals surface area contributed by atoms with Crippen molar-refractivity contribution in [1.29, 1.82) is 0 Å². The zero-order chi connectivity index (χ0) is 13.1. The lowest BCUT2D eigenvalue weighted by Crippen LogP contribution is -2.49. The Morgan fingerprint density at radius 1 is 1.58 bits per heavy atom. The third-order valence-corrected chi connectivity index (χ3v) is 3.53. The molecule has 1 aliphatic heterocycles. The Labute approximate surface area is 118 Å². The molecule has 2 rings (SSSR count). The van der Waals surface area contributed by atoms with Crippen LogP contribution in [0.1, 0.15) is 30.1 Å². The molecule has 2 atom stereocenters. The van der Waals surface area contributed by atoms with E-state index in [2.05, 4.69) is 11.9 Å². The summed E-state index contributed by atoms with van der Waals surface area (Å²) in [4.78, 5) is 27.9. The highest BCUT2D eigenvalue weighted by atomic mass is 35.5. The average Bonchev–Trinajstić information content (AvgIpc) is 2.37. The van der Waals surface area contributed by atoms with Crippen molar-refractivity contribution < 1.29 is 4.79 Å². The molecule has 2 unspecified atom stereocenters. The molecule has 6 heteroatoms. The lowest BCUT2D eigenvalue weighted by molar-refractivity contribution is 0.0573. The van der Waals surface area contributed by atoms with E-state index >= 15 is 0 Å². The minimum absolute atomic E-state index is 0. The largest absolute Gasteiger partial charge is 0.334 e. The Morgan fingerprint density at radius 3 is 2.95 bits per heavy atom. The number of carbonyl (C=O) groups excluding carboxylic acids is 1. The first kappa shape index (κ1) is 15.7. The van der Waals surface area contributed by atoms with Crippen LogP contribution in [-0.4, -0.2) is 34.9 Å². The van der Waals surface area contributed by atoms with Crippen molar-refractivity contribution >= 4 is 18.3 Å². The van der Waals surface area contributed by atoms with E-state index in [4.69, 9.17) is 5.73 Å². The van der Waals surface area contributed by atoms with Gasteiger partial charge in [-0.05, 0) is 24.8 Å². The average molecular weight is 286 g/mol. The number of nitrogens with one attached hydrogen (secondary N) is 1. The fourth-order valence-corrected chi connectivity index (χ4v) is 2.49. The third-order valence-electron chi connectivity index (χ3n) is 3.53. The summed E-state index contributed by atoms with van der Waals surface area (Å²) in [5.74, 6) is 0.505. The van der Waals surface area contributed by atoms with Crippen LogP contribution in [0.2, 0.25) is 0 Å². The number of hydrogen-bond acceptors (Lipinski definition) is 3. The van der Waals surface area contributed by atoms with Crippen LogP contribution >= 0.6 is 12.4 Å². The van der Waals surface area contributed by atoms with Crippen LogP contribution in [0.15, 0.2) is 23.1 Å². The van der Waals surface area contributed by atoms with Gasteiger partial charge in [0.05, 0.1) is 0 Å². The summed E-state index contributed by atoms with van der Waals surface area (Å²) in [5.41, 5.74) is 5.92.